The van der Waals surface area contributed by atoms with Gasteiger partial charge in [0.05, 0.1) is 7.11 Å². The Bertz CT molecular complexity index is 194. The zero-order chi connectivity index (χ0) is 11.0. The second kappa shape index (κ2) is 6.56. The van der Waals surface area contributed by atoms with Crippen molar-refractivity contribution in [3.05, 3.63) is 12.7 Å². The number of hydrogen-bond acceptors (Lipinski definition) is 4. The molecule has 0 radical (unpaired) electrons. The molecule has 1 N–H and O–H groups in total. The van der Waals surface area contributed by atoms with Crippen LogP contribution in [0, 0.1) is 0 Å². The molecule has 4 heteroatoms. The number of carbonyl (C=O) groups is 1. The molecule has 0 aromatic rings. The Kier molecular flexibility index (Phi) is 6.16. The minimum Gasteiger partial charge on any atom is -0.468 e. The van der Waals surface area contributed by atoms with Crippen molar-refractivity contribution in [1.29, 1.82) is 0 Å². The third kappa shape index (κ3) is 3.89. The minimum absolute atomic E-state index is 0.281. The van der Waals surface area contributed by atoms with Crippen LogP contribution in [0.1, 0.15) is 13.3 Å². The van der Waals surface area contributed by atoms with Gasteiger partial charge >= 0.3 is 5.97 Å². The van der Waals surface area contributed by atoms with Crippen molar-refractivity contribution < 1.29 is 14.3 Å². The van der Waals surface area contributed by atoms with E-state index < -0.39 is 5.54 Å². The molecule has 0 aromatic heterocycles. The summed E-state index contributed by atoms with van der Waals surface area (Å²) in [6.07, 6.45) is 2.28. The first-order valence-corrected chi connectivity index (χ1v) is 4.54. The summed E-state index contributed by atoms with van der Waals surface area (Å²) in [5, 5.41) is 3.06. The summed E-state index contributed by atoms with van der Waals surface area (Å²) in [5.74, 6) is -0.281. The monoisotopic (exact) mass is 201 g/mol. The van der Waals surface area contributed by atoms with Crippen molar-refractivity contribution in [3.63, 3.8) is 0 Å². The molecule has 0 saturated carbocycles. The fourth-order valence-corrected chi connectivity index (χ4v) is 1.09. The van der Waals surface area contributed by atoms with Crippen LogP contribution in [-0.2, 0) is 14.3 Å². The second-order valence-corrected chi connectivity index (χ2v) is 3.24. The first-order valence-electron chi connectivity index (χ1n) is 4.54. The third-order valence-corrected chi connectivity index (χ3v) is 2.08. The predicted octanol–water partition coefficient (Wildman–Crippen LogP) is 0.730. The van der Waals surface area contributed by atoms with E-state index in [-0.39, 0.29) is 5.97 Å². The Morgan fingerprint density at radius 1 is 1.57 bits per heavy atom. The molecule has 0 bridgehead atoms. The van der Waals surface area contributed by atoms with Crippen LogP contribution in [0.3, 0.4) is 0 Å². The topological polar surface area (TPSA) is 47.6 Å². The predicted molar refractivity (Wildman–Crippen MR) is 55.1 cm³/mol. The highest BCUT2D eigenvalue weighted by molar-refractivity contribution is 5.80. The highest BCUT2D eigenvalue weighted by Crippen LogP contribution is 2.11. The van der Waals surface area contributed by atoms with Crippen LogP contribution in [0.15, 0.2) is 12.7 Å². The van der Waals surface area contributed by atoms with E-state index in [9.17, 15) is 4.79 Å². The lowest BCUT2D eigenvalue weighted by atomic mass is 9.98. The zero-order valence-electron chi connectivity index (χ0n) is 9.13. The number of esters is 1. The Labute approximate surface area is 85.3 Å². The summed E-state index contributed by atoms with van der Waals surface area (Å²) in [5.41, 5.74) is -0.695. The van der Waals surface area contributed by atoms with E-state index in [1.165, 1.54) is 7.11 Å². The van der Waals surface area contributed by atoms with Crippen LogP contribution in [0.4, 0.5) is 0 Å². The van der Waals surface area contributed by atoms with E-state index in [2.05, 4.69) is 11.9 Å². The summed E-state index contributed by atoms with van der Waals surface area (Å²) in [6.45, 7) is 6.45. The lowest BCUT2D eigenvalue weighted by Crippen LogP contribution is -2.50. The maximum atomic E-state index is 11.5. The van der Waals surface area contributed by atoms with Crippen molar-refractivity contribution in [2.24, 2.45) is 0 Å². The largest absolute Gasteiger partial charge is 0.468 e. The molecule has 0 rings (SSSR count). The molecule has 0 saturated heterocycles. The van der Waals surface area contributed by atoms with Gasteiger partial charge in [-0.1, -0.05) is 6.08 Å². The number of rotatable bonds is 7. The molecule has 0 aliphatic carbocycles. The standard InChI is InChI=1S/C10H19NO3/c1-5-7-11-10(2,6-8-13-3)9(12)14-4/h5,11H,1,6-8H2,2-4H3. The molecule has 0 aliphatic heterocycles. The van der Waals surface area contributed by atoms with Gasteiger partial charge in [0, 0.05) is 20.3 Å². The number of ether oxygens (including phenoxy) is 2. The van der Waals surface area contributed by atoms with E-state index in [1.54, 1.807) is 20.1 Å². The average molecular weight is 201 g/mol. The summed E-state index contributed by atoms with van der Waals surface area (Å²) in [4.78, 5) is 11.5. The Balaban J connectivity index is 4.31. The first-order chi connectivity index (χ1) is 6.60. The van der Waals surface area contributed by atoms with E-state index in [1.807, 2.05) is 0 Å². The molecule has 1 unspecified atom stereocenters. The SMILES string of the molecule is C=CCNC(C)(CCOC)C(=O)OC. The summed E-state index contributed by atoms with van der Waals surface area (Å²) >= 11 is 0. The molecule has 0 aliphatic rings. The van der Waals surface area contributed by atoms with Crippen molar-refractivity contribution in [1.82, 2.24) is 5.32 Å². The number of hydrogen-bond donors (Lipinski definition) is 1. The van der Waals surface area contributed by atoms with Crippen molar-refractivity contribution >= 4 is 5.97 Å². The summed E-state index contributed by atoms with van der Waals surface area (Å²) in [6, 6.07) is 0. The van der Waals surface area contributed by atoms with E-state index in [0.29, 0.717) is 19.6 Å². The van der Waals surface area contributed by atoms with Gasteiger partial charge in [-0.25, -0.2) is 0 Å². The van der Waals surface area contributed by atoms with E-state index in [4.69, 9.17) is 9.47 Å². The molecule has 14 heavy (non-hydrogen) atoms. The first kappa shape index (κ1) is 13.1. The van der Waals surface area contributed by atoms with Gasteiger partial charge in [-0.05, 0) is 13.3 Å². The van der Waals surface area contributed by atoms with Gasteiger partial charge in [0.2, 0.25) is 0 Å². The van der Waals surface area contributed by atoms with Crippen LogP contribution in [0.5, 0.6) is 0 Å². The van der Waals surface area contributed by atoms with Gasteiger partial charge in [-0.15, -0.1) is 6.58 Å². The van der Waals surface area contributed by atoms with Crippen LogP contribution in [-0.4, -0.2) is 38.9 Å². The smallest absolute Gasteiger partial charge is 0.325 e. The van der Waals surface area contributed by atoms with Gasteiger partial charge < -0.3 is 9.47 Å². The van der Waals surface area contributed by atoms with Crippen LogP contribution in [0.2, 0.25) is 0 Å². The lowest BCUT2D eigenvalue weighted by molar-refractivity contribution is -0.148. The Morgan fingerprint density at radius 2 is 2.21 bits per heavy atom. The normalized spacial score (nSPS) is 14.5. The Morgan fingerprint density at radius 3 is 2.64 bits per heavy atom. The van der Waals surface area contributed by atoms with Crippen LogP contribution >= 0.6 is 0 Å². The molecular formula is C10H19NO3. The van der Waals surface area contributed by atoms with Gasteiger partial charge in [0.15, 0.2) is 0 Å². The molecule has 82 valence electrons. The van der Waals surface area contributed by atoms with Crippen LogP contribution < -0.4 is 5.32 Å². The van der Waals surface area contributed by atoms with E-state index in [0.717, 1.165) is 0 Å². The summed E-state index contributed by atoms with van der Waals surface area (Å²) < 4.78 is 9.66. The molecular weight excluding hydrogens is 182 g/mol. The zero-order valence-corrected chi connectivity index (χ0v) is 9.13. The lowest BCUT2D eigenvalue weighted by Gasteiger charge is -2.27. The molecule has 0 amide bonds. The fraction of sp³-hybridized carbons (Fsp3) is 0.700. The minimum atomic E-state index is -0.695. The fourth-order valence-electron chi connectivity index (χ4n) is 1.09. The van der Waals surface area contributed by atoms with Crippen molar-refractivity contribution in [2.45, 2.75) is 18.9 Å². The number of methoxy groups -OCH3 is 2. The average Bonchev–Trinajstić information content (AvgIpc) is 2.22. The quantitative estimate of drug-likeness (QED) is 0.487. The molecule has 1 atom stereocenters. The third-order valence-electron chi connectivity index (χ3n) is 2.08. The van der Waals surface area contributed by atoms with Crippen molar-refractivity contribution in [3.8, 4) is 0 Å². The number of carbonyl (C=O) groups excluding carboxylic acids is 1. The number of nitrogens with one attached hydrogen (secondary N) is 1. The maximum Gasteiger partial charge on any atom is 0.325 e. The summed E-state index contributed by atoms with van der Waals surface area (Å²) in [7, 11) is 2.98. The second-order valence-electron chi connectivity index (χ2n) is 3.24. The highest BCUT2D eigenvalue weighted by atomic mass is 16.5. The van der Waals surface area contributed by atoms with Crippen molar-refractivity contribution in [2.75, 3.05) is 27.4 Å². The molecule has 0 fully saturated rings. The Hall–Kier alpha value is -0.870. The molecule has 4 nitrogen and oxygen atoms in total. The van der Waals surface area contributed by atoms with E-state index >= 15 is 0 Å². The molecule has 0 heterocycles. The van der Waals surface area contributed by atoms with Gasteiger partial charge in [-0.2, -0.15) is 0 Å². The molecule has 0 spiro atoms. The van der Waals surface area contributed by atoms with Gasteiger partial charge in [-0.3, -0.25) is 10.1 Å². The molecule has 0 aromatic carbocycles. The maximum absolute atomic E-state index is 11.5. The van der Waals surface area contributed by atoms with Gasteiger partial charge in [0.25, 0.3) is 0 Å². The van der Waals surface area contributed by atoms with Gasteiger partial charge in [0.1, 0.15) is 5.54 Å². The van der Waals surface area contributed by atoms with Crippen LogP contribution in [0.25, 0.3) is 0 Å². The highest BCUT2D eigenvalue weighted by Gasteiger charge is 2.32.